The van der Waals surface area contributed by atoms with E-state index in [-0.39, 0.29) is 0 Å². The second kappa shape index (κ2) is 8.48. The normalized spacial score (nSPS) is 11.1. The Labute approximate surface area is 169 Å². The molecule has 28 heavy (non-hydrogen) atoms. The van der Waals surface area contributed by atoms with Crippen LogP contribution in [0.5, 0.6) is 5.75 Å². The van der Waals surface area contributed by atoms with E-state index in [1.807, 2.05) is 34.8 Å². The number of hydrogen-bond acceptors (Lipinski definition) is 4. The Kier molecular flexibility index (Phi) is 5.63. The molecule has 0 atom stereocenters. The van der Waals surface area contributed by atoms with E-state index in [1.54, 1.807) is 18.9 Å². The number of thioether (sulfide) groups is 1. The summed E-state index contributed by atoms with van der Waals surface area (Å²) < 4.78 is 7.24. The topological polar surface area (TPSA) is 39.4 Å². The lowest BCUT2D eigenvalue weighted by molar-refractivity contribution is 0.415. The molecular formula is C23H23N3OS. The van der Waals surface area contributed by atoms with Crippen molar-refractivity contribution < 1.29 is 4.74 Å². The molecule has 0 aliphatic heterocycles. The fourth-order valence-corrected chi connectivity index (χ4v) is 4.04. The lowest BCUT2D eigenvalue weighted by Gasteiger charge is -2.09. The summed E-state index contributed by atoms with van der Waals surface area (Å²) in [6.45, 7) is 2.21. The van der Waals surface area contributed by atoms with Gasteiger partial charge < -0.3 is 4.74 Å². The number of hydrogen-bond donors (Lipinski definition) is 0. The van der Waals surface area contributed by atoms with Gasteiger partial charge in [-0.05, 0) is 42.5 Å². The molecule has 0 unspecified atom stereocenters. The molecule has 0 aliphatic rings. The van der Waals surface area contributed by atoms with E-state index < -0.39 is 0 Å². The zero-order valence-electron chi connectivity index (χ0n) is 16.1. The minimum atomic E-state index is 0.840. The fourth-order valence-electron chi connectivity index (χ4n) is 3.07. The minimum Gasteiger partial charge on any atom is -0.497 e. The van der Waals surface area contributed by atoms with Crippen molar-refractivity contribution >= 4 is 17.4 Å². The van der Waals surface area contributed by atoms with Crippen LogP contribution in [0.2, 0.25) is 0 Å². The molecule has 0 saturated carbocycles. The molecule has 0 amide bonds. The van der Waals surface area contributed by atoms with E-state index >= 15 is 0 Å². The van der Waals surface area contributed by atoms with Crippen molar-refractivity contribution in [1.82, 2.24) is 14.6 Å². The SMILES string of the molecule is CCCCSc1cc2nc(-c3ccc(OC)cc3)cc(-c3ccccc3)n2n1. The largest absolute Gasteiger partial charge is 0.497 e. The number of methoxy groups -OCH3 is 1. The Hall–Kier alpha value is -2.79. The average molecular weight is 390 g/mol. The third kappa shape index (κ3) is 3.90. The van der Waals surface area contributed by atoms with Crippen molar-refractivity contribution in [2.75, 3.05) is 12.9 Å². The van der Waals surface area contributed by atoms with E-state index in [4.69, 9.17) is 14.8 Å². The lowest BCUT2D eigenvalue weighted by atomic mass is 10.1. The molecule has 0 bridgehead atoms. The smallest absolute Gasteiger partial charge is 0.157 e. The van der Waals surface area contributed by atoms with Crippen molar-refractivity contribution in [2.45, 2.75) is 24.8 Å². The molecule has 0 aliphatic carbocycles. The van der Waals surface area contributed by atoms with Gasteiger partial charge in [0.15, 0.2) is 5.65 Å². The first-order valence-corrected chi connectivity index (χ1v) is 10.5. The van der Waals surface area contributed by atoms with E-state index in [9.17, 15) is 0 Å². The highest BCUT2D eigenvalue weighted by Crippen LogP contribution is 2.29. The summed E-state index contributed by atoms with van der Waals surface area (Å²) in [5, 5.41) is 5.84. The number of aromatic nitrogens is 3. The highest BCUT2D eigenvalue weighted by Gasteiger charge is 2.13. The Balaban J connectivity index is 1.82. The molecule has 0 saturated heterocycles. The number of rotatable bonds is 7. The van der Waals surface area contributed by atoms with Gasteiger partial charge in [0.25, 0.3) is 0 Å². The molecule has 0 spiro atoms. The Morgan fingerprint density at radius 1 is 0.964 bits per heavy atom. The monoisotopic (exact) mass is 389 g/mol. The maximum atomic E-state index is 5.28. The molecule has 142 valence electrons. The highest BCUT2D eigenvalue weighted by molar-refractivity contribution is 7.99. The van der Waals surface area contributed by atoms with Gasteiger partial charge in [-0.3, -0.25) is 0 Å². The molecule has 2 aromatic heterocycles. The summed E-state index contributed by atoms with van der Waals surface area (Å²) in [5.41, 5.74) is 5.02. The zero-order valence-corrected chi connectivity index (χ0v) is 16.9. The average Bonchev–Trinajstić information content (AvgIpc) is 3.17. The highest BCUT2D eigenvalue weighted by atomic mass is 32.2. The van der Waals surface area contributed by atoms with Crippen LogP contribution in [-0.2, 0) is 0 Å². The van der Waals surface area contributed by atoms with E-state index in [0.717, 1.165) is 44.7 Å². The Morgan fingerprint density at radius 2 is 1.75 bits per heavy atom. The van der Waals surface area contributed by atoms with Gasteiger partial charge in [0.05, 0.1) is 18.5 Å². The quantitative estimate of drug-likeness (QED) is 0.289. The summed E-state index contributed by atoms with van der Waals surface area (Å²) in [6, 6.07) is 22.6. The number of ether oxygens (including phenoxy) is 1. The molecule has 4 aromatic rings. The first-order valence-electron chi connectivity index (χ1n) is 9.52. The molecule has 4 nitrogen and oxygen atoms in total. The van der Waals surface area contributed by atoms with Crippen molar-refractivity contribution in [2.24, 2.45) is 0 Å². The van der Waals surface area contributed by atoms with Crippen molar-refractivity contribution in [3.63, 3.8) is 0 Å². The fraction of sp³-hybridized carbons (Fsp3) is 0.217. The van der Waals surface area contributed by atoms with Crippen LogP contribution < -0.4 is 4.74 Å². The molecule has 4 rings (SSSR count). The van der Waals surface area contributed by atoms with Crippen LogP contribution in [0.4, 0.5) is 0 Å². The predicted octanol–water partition coefficient (Wildman–Crippen LogP) is 5.96. The van der Waals surface area contributed by atoms with Crippen LogP contribution in [0.25, 0.3) is 28.2 Å². The van der Waals surface area contributed by atoms with E-state index in [1.165, 1.54) is 12.8 Å². The van der Waals surface area contributed by atoms with E-state index in [2.05, 4.69) is 43.3 Å². The number of benzene rings is 2. The van der Waals surface area contributed by atoms with Crippen molar-refractivity contribution in [1.29, 1.82) is 0 Å². The standard InChI is InChI=1S/C23H23N3OS/c1-3-4-14-28-23-16-22-24-20(17-10-12-19(27-2)13-11-17)15-21(26(22)25-23)18-8-6-5-7-9-18/h5-13,15-16H,3-4,14H2,1-2H3. The molecule has 0 radical (unpaired) electrons. The van der Waals surface area contributed by atoms with Gasteiger partial charge in [-0.15, -0.1) is 11.8 Å². The van der Waals surface area contributed by atoms with Crippen LogP contribution in [-0.4, -0.2) is 27.5 Å². The van der Waals surface area contributed by atoms with E-state index in [0.29, 0.717) is 0 Å². The van der Waals surface area contributed by atoms with Gasteiger partial charge in [0.1, 0.15) is 10.8 Å². The van der Waals surface area contributed by atoms with Crippen LogP contribution >= 0.6 is 11.8 Å². The third-order valence-electron chi connectivity index (χ3n) is 4.61. The van der Waals surface area contributed by atoms with Gasteiger partial charge in [0.2, 0.25) is 0 Å². The van der Waals surface area contributed by atoms with Gasteiger partial charge in [-0.1, -0.05) is 43.7 Å². The van der Waals surface area contributed by atoms with Gasteiger partial charge >= 0.3 is 0 Å². The number of fused-ring (bicyclic) bond motifs is 1. The Morgan fingerprint density at radius 3 is 2.46 bits per heavy atom. The molecule has 0 N–H and O–H groups in total. The summed E-state index contributed by atoms with van der Waals surface area (Å²) in [5.74, 6) is 1.92. The zero-order chi connectivity index (χ0) is 19.3. The van der Waals surface area contributed by atoms with Crippen LogP contribution in [0.3, 0.4) is 0 Å². The van der Waals surface area contributed by atoms with Gasteiger partial charge in [0, 0.05) is 17.2 Å². The van der Waals surface area contributed by atoms with Gasteiger partial charge in [-0.25, -0.2) is 9.50 Å². The molecule has 2 heterocycles. The van der Waals surface area contributed by atoms with Crippen LogP contribution in [0.15, 0.2) is 71.8 Å². The molecular weight excluding hydrogens is 366 g/mol. The third-order valence-corrected chi connectivity index (χ3v) is 5.60. The maximum Gasteiger partial charge on any atom is 0.157 e. The number of nitrogens with zero attached hydrogens (tertiary/aromatic N) is 3. The summed E-state index contributed by atoms with van der Waals surface area (Å²) in [4.78, 5) is 4.88. The molecule has 5 heteroatoms. The second-order valence-electron chi connectivity index (χ2n) is 6.58. The summed E-state index contributed by atoms with van der Waals surface area (Å²) >= 11 is 1.79. The van der Waals surface area contributed by atoms with Crippen LogP contribution in [0.1, 0.15) is 19.8 Å². The summed E-state index contributed by atoms with van der Waals surface area (Å²) in [6.07, 6.45) is 2.38. The second-order valence-corrected chi connectivity index (χ2v) is 7.69. The number of unbranched alkanes of at least 4 members (excludes halogenated alkanes) is 1. The maximum absolute atomic E-state index is 5.28. The van der Waals surface area contributed by atoms with Gasteiger partial charge in [-0.2, -0.15) is 5.10 Å². The predicted molar refractivity (Wildman–Crippen MR) is 116 cm³/mol. The minimum absolute atomic E-state index is 0.840. The van der Waals surface area contributed by atoms with Crippen molar-refractivity contribution in [3.8, 4) is 28.3 Å². The first-order chi connectivity index (χ1) is 13.8. The lowest BCUT2D eigenvalue weighted by Crippen LogP contribution is -1.98. The Bertz CT molecular complexity index is 1060. The van der Waals surface area contributed by atoms with Crippen molar-refractivity contribution in [3.05, 3.63) is 66.7 Å². The molecule has 2 aromatic carbocycles. The first kappa shape index (κ1) is 18.6. The summed E-state index contributed by atoms with van der Waals surface area (Å²) in [7, 11) is 1.68. The molecule has 0 fully saturated rings. The van der Waals surface area contributed by atoms with Crippen LogP contribution in [0, 0.1) is 0 Å².